The van der Waals surface area contributed by atoms with Crippen molar-refractivity contribution in [2.45, 2.75) is 116 Å². The topological polar surface area (TPSA) is 0 Å². The van der Waals surface area contributed by atoms with Crippen molar-refractivity contribution in [1.29, 1.82) is 0 Å². The molecule has 3 saturated carbocycles. The molecule has 4 aliphatic carbocycles. The number of aryl methyl sites for hydroxylation is 1. The molecule has 0 amide bonds. The van der Waals surface area contributed by atoms with Crippen molar-refractivity contribution in [3.8, 4) is 12.3 Å². The third-order valence-corrected chi connectivity index (χ3v) is 13.2. The predicted molar refractivity (Wildman–Crippen MR) is 210 cm³/mol. The van der Waals surface area contributed by atoms with Crippen LogP contribution in [-0.4, -0.2) is 0 Å². The highest BCUT2D eigenvalue weighted by Crippen LogP contribution is 2.54. The summed E-state index contributed by atoms with van der Waals surface area (Å²) in [5.74, 6) is 6.97. The minimum Gasteiger partial charge on any atom is -0.115 e. The Morgan fingerprint density at radius 2 is 1.59 bits per heavy atom. The van der Waals surface area contributed by atoms with Crippen molar-refractivity contribution in [2.75, 3.05) is 0 Å². The van der Waals surface area contributed by atoms with Crippen LogP contribution < -0.4 is 0 Å². The Bertz CT molecular complexity index is 1670. The number of hydrogen-bond acceptors (Lipinski definition) is 0. The minimum atomic E-state index is 0.421. The Morgan fingerprint density at radius 1 is 0.857 bits per heavy atom. The van der Waals surface area contributed by atoms with Crippen LogP contribution in [0.2, 0.25) is 0 Å². The average molecular weight is 647 g/mol. The fourth-order valence-corrected chi connectivity index (χ4v) is 10.4. The summed E-state index contributed by atoms with van der Waals surface area (Å²) >= 11 is 0. The van der Waals surface area contributed by atoms with E-state index < -0.39 is 0 Å². The van der Waals surface area contributed by atoms with Gasteiger partial charge in [-0.15, -0.1) is 6.42 Å². The molecule has 3 fully saturated rings. The molecule has 3 aromatic carbocycles. The van der Waals surface area contributed by atoms with Gasteiger partial charge in [0.05, 0.1) is 0 Å². The van der Waals surface area contributed by atoms with E-state index >= 15 is 0 Å². The van der Waals surface area contributed by atoms with Gasteiger partial charge in [0.25, 0.3) is 0 Å². The molecule has 0 bridgehead atoms. The molecule has 3 unspecified atom stereocenters. The highest BCUT2D eigenvalue weighted by atomic mass is 14.5. The van der Waals surface area contributed by atoms with Gasteiger partial charge in [0, 0.05) is 11.5 Å². The van der Waals surface area contributed by atoms with Gasteiger partial charge < -0.3 is 0 Å². The summed E-state index contributed by atoms with van der Waals surface area (Å²) in [6.07, 6.45) is 31.3. The van der Waals surface area contributed by atoms with E-state index in [-0.39, 0.29) is 0 Å². The lowest BCUT2D eigenvalue weighted by atomic mass is 9.67. The number of hydrogen-bond donors (Lipinski definition) is 0. The molecule has 49 heavy (non-hydrogen) atoms. The molecule has 3 aromatic rings. The Balaban J connectivity index is 1.01. The average Bonchev–Trinajstić information content (AvgIpc) is 3.74. The van der Waals surface area contributed by atoms with Crippen LogP contribution in [0.1, 0.15) is 136 Å². The number of allylic oxidation sites excluding steroid dienone is 5. The molecule has 0 radical (unpaired) electrons. The first-order valence-electron chi connectivity index (χ1n) is 19.7. The normalized spacial score (nSPS) is 28.7. The van der Waals surface area contributed by atoms with Crippen molar-refractivity contribution in [3.63, 3.8) is 0 Å². The third kappa shape index (κ3) is 7.93. The summed E-state index contributed by atoms with van der Waals surface area (Å²) in [4.78, 5) is 0. The van der Waals surface area contributed by atoms with Crippen LogP contribution in [0, 0.1) is 41.4 Å². The first-order chi connectivity index (χ1) is 23.9. The van der Waals surface area contributed by atoms with Crippen LogP contribution in [0.4, 0.5) is 0 Å². The molecule has 0 nitrogen and oxygen atoms in total. The molecule has 0 heteroatoms. The molecule has 0 N–H and O–H groups in total. The number of terminal acetylenes is 1. The SMILES string of the molecule is C#Cc1ccc(CC2CCC(C(C(=C)CCc3ccccc3)c3ccc(C4=CC(C)C=C4)cc3)CC2)cc1C1CCC2(CCC(C)C2)CC1. The van der Waals surface area contributed by atoms with Crippen molar-refractivity contribution in [1.82, 2.24) is 0 Å². The molecule has 3 atom stereocenters. The maximum Gasteiger partial charge on any atom is 0.0277 e. The lowest BCUT2D eigenvalue weighted by molar-refractivity contribution is 0.175. The molecule has 0 heterocycles. The monoisotopic (exact) mass is 646 g/mol. The second-order valence-electron chi connectivity index (χ2n) is 16.8. The summed E-state index contributed by atoms with van der Waals surface area (Å²) in [5, 5.41) is 0. The standard InChI is InChI=1S/C49H58/c1-5-41-18-16-40(33-47(41)43-26-29-49(30-27-43)28-25-36(3)34-49)32-39-14-19-44(20-15-39)48(37(4)12-13-38-9-7-6-8-10-38)45-23-21-42(22-24-45)46-17-11-35(2)31-46/h1,6-11,16-18,21-24,31,33,35-36,39,43-44,48H,4,12-15,19-20,25-30,32,34H2,2-3H3. The van der Waals surface area contributed by atoms with Gasteiger partial charge in [-0.05, 0) is 158 Å². The summed E-state index contributed by atoms with van der Waals surface area (Å²) in [5.41, 5.74) is 11.7. The molecule has 0 aliphatic heterocycles. The van der Waals surface area contributed by atoms with Gasteiger partial charge in [0.2, 0.25) is 0 Å². The number of benzene rings is 3. The van der Waals surface area contributed by atoms with Crippen LogP contribution >= 0.6 is 0 Å². The zero-order valence-electron chi connectivity index (χ0n) is 30.3. The Kier molecular flexibility index (Phi) is 10.5. The molecule has 4 aliphatic rings. The summed E-state index contributed by atoms with van der Waals surface area (Å²) in [6, 6.07) is 27.6. The summed E-state index contributed by atoms with van der Waals surface area (Å²) in [6.45, 7) is 9.49. The maximum atomic E-state index is 6.08. The van der Waals surface area contributed by atoms with Gasteiger partial charge in [-0.3, -0.25) is 0 Å². The second-order valence-corrected chi connectivity index (χ2v) is 16.8. The van der Waals surface area contributed by atoms with Gasteiger partial charge in [-0.2, -0.15) is 0 Å². The van der Waals surface area contributed by atoms with Gasteiger partial charge in [-0.1, -0.05) is 123 Å². The third-order valence-electron chi connectivity index (χ3n) is 13.2. The lowest BCUT2D eigenvalue weighted by Gasteiger charge is -2.38. The van der Waals surface area contributed by atoms with Crippen LogP contribution in [0.25, 0.3) is 5.57 Å². The molecule has 254 valence electrons. The first-order valence-corrected chi connectivity index (χ1v) is 19.7. The minimum absolute atomic E-state index is 0.421. The second kappa shape index (κ2) is 15.1. The van der Waals surface area contributed by atoms with E-state index in [1.54, 1.807) is 0 Å². The number of rotatable bonds is 10. The van der Waals surface area contributed by atoms with Gasteiger partial charge >= 0.3 is 0 Å². The van der Waals surface area contributed by atoms with Crippen LogP contribution in [0.5, 0.6) is 0 Å². The molecule has 0 aromatic heterocycles. The fraction of sp³-hybridized carbons (Fsp3) is 0.469. The van der Waals surface area contributed by atoms with E-state index in [1.165, 1.54) is 116 Å². The Hall–Kier alpha value is -3.56. The maximum absolute atomic E-state index is 6.08. The van der Waals surface area contributed by atoms with Crippen molar-refractivity contribution in [2.24, 2.45) is 29.1 Å². The summed E-state index contributed by atoms with van der Waals surface area (Å²) < 4.78 is 0. The van der Waals surface area contributed by atoms with Crippen molar-refractivity contribution in [3.05, 3.63) is 137 Å². The first kappa shape index (κ1) is 33.9. The smallest absolute Gasteiger partial charge is 0.0277 e. The van der Waals surface area contributed by atoms with Crippen LogP contribution in [-0.2, 0) is 12.8 Å². The zero-order chi connectivity index (χ0) is 33.8. The van der Waals surface area contributed by atoms with E-state index in [2.05, 4.69) is 111 Å². The molecule has 0 saturated heterocycles. The quantitative estimate of drug-likeness (QED) is 0.152. The molecular formula is C49H58. The zero-order valence-corrected chi connectivity index (χ0v) is 30.3. The Morgan fingerprint density at radius 3 is 2.24 bits per heavy atom. The molecular weight excluding hydrogens is 589 g/mol. The van der Waals surface area contributed by atoms with E-state index in [9.17, 15) is 0 Å². The lowest BCUT2D eigenvalue weighted by Crippen LogP contribution is -2.25. The van der Waals surface area contributed by atoms with Crippen LogP contribution in [0.3, 0.4) is 0 Å². The van der Waals surface area contributed by atoms with Crippen molar-refractivity contribution < 1.29 is 0 Å². The van der Waals surface area contributed by atoms with Gasteiger partial charge in [0.1, 0.15) is 0 Å². The predicted octanol–water partition coefficient (Wildman–Crippen LogP) is 13.0. The fourth-order valence-electron chi connectivity index (χ4n) is 10.4. The highest BCUT2D eigenvalue weighted by molar-refractivity contribution is 5.76. The van der Waals surface area contributed by atoms with Gasteiger partial charge in [-0.25, -0.2) is 0 Å². The van der Waals surface area contributed by atoms with E-state index in [0.717, 1.165) is 30.2 Å². The molecule has 7 rings (SSSR count). The molecule has 1 spiro atoms. The largest absolute Gasteiger partial charge is 0.115 e. The summed E-state index contributed by atoms with van der Waals surface area (Å²) in [7, 11) is 0. The Labute approximate surface area is 298 Å². The van der Waals surface area contributed by atoms with Gasteiger partial charge in [0.15, 0.2) is 0 Å². The highest BCUT2D eigenvalue weighted by Gasteiger charge is 2.40. The van der Waals surface area contributed by atoms with E-state index in [0.29, 0.717) is 29.1 Å². The van der Waals surface area contributed by atoms with Crippen LogP contribution in [0.15, 0.2) is 103 Å². The van der Waals surface area contributed by atoms with E-state index in [1.807, 2.05) is 0 Å². The van der Waals surface area contributed by atoms with Crippen molar-refractivity contribution >= 4 is 5.57 Å². The van der Waals surface area contributed by atoms with E-state index in [4.69, 9.17) is 13.0 Å².